The van der Waals surface area contributed by atoms with Crippen LogP contribution in [0.15, 0.2) is 40.6 Å². The van der Waals surface area contributed by atoms with Gasteiger partial charge in [0.05, 0.1) is 15.8 Å². The molecule has 1 atom stereocenters. The molecule has 3 aromatic rings. The zero-order valence-electron chi connectivity index (χ0n) is 19.0. The molecule has 1 amide bonds. The highest BCUT2D eigenvalue weighted by molar-refractivity contribution is 7.91. The van der Waals surface area contributed by atoms with Crippen LogP contribution in [0.4, 0.5) is 13.2 Å². The monoisotopic (exact) mass is 593 g/mol. The lowest BCUT2D eigenvalue weighted by atomic mass is 10.1. The number of nitrogens with one attached hydrogen (secondary N) is 2. The van der Waals surface area contributed by atoms with Gasteiger partial charge in [-0.3, -0.25) is 10.2 Å². The van der Waals surface area contributed by atoms with Crippen molar-refractivity contribution in [3.8, 4) is 5.75 Å². The van der Waals surface area contributed by atoms with Crippen molar-refractivity contribution in [2.45, 2.75) is 29.4 Å². The second-order valence-electron chi connectivity index (χ2n) is 7.84. The van der Waals surface area contributed by atoms with E-state index in [1.807, 2.05) is 0 Å². The van der Waals surface area contributed by atoms with E-state index in [4.69, 9.17) is 32.6 Å². The second-order valence-corrected chi connectivity index (χ2v) is 11.2. The quantitative estimate of drug-likeness (QED) is 0.164. The summed E-state index contributed by atoms with van der Waals surface area (Å²) >= 11 is 6.91. The Morgan fingerprint density at radius 2 is 1.97 bits per heavy atom. The number of para-hydroxylation sites is 1. The lowest BCUT2D eigenvalue weighted by Gasteiger charge is -2.18. The lowest BCUT2D eigenvalue weighted by molar-refractivity contribution is -0.192. The molecule has 17 heteroatoms. The molecule has 0 saturated carbocycles. The normalized spacial score (nSPS) is 15.8. The number of phenols is 1. The van der Waals surface area contributed by atoms with E-state index in [2.05, 4.69) is 9.71 Å². The fraction of sp³-hybridized carbons (Fsp3) is 0.238. The van der Waals surface area contributed by atoms with Crippen LogP contribution in [-0.2, 0) is 26.2 Å². The van der Waals surface area contributed by atoms with Crippen molar-refractivity contribution in [2.75, 3.05) is 6.54 Å². The van der Waals surface area contributed by atoms with E-state index in [-0.39, 0.29) is 33.1 Å². The fourth-order valence-electron chi connectivity index (χ4n) is 3.40. The number of carbonyl (C=O) groups is 2. The van der Waals surface area contributed by atoms with Crippen LogP contribution < -0.4 is 10.5 Å². The number of alkyl halides is 3. The average molecular weight is 594 g/mol. The van der Waals surface area contributed by atoms with E-state index in [9.17, 15) is 31.5 Å². The van der Waals surface area contributed by atoms with Gasteiger partial charge in [0, 0.05) is 18.7 Å². The number of fused-ring (bicyclic) bond motifs is 1. The molecule has 1 aliphatic rings. The van der Waals surface area contributed by atoms with Gasteiger partial charge in [-0.15, -0.1) is 11.3 Å². The molecular weight excluding hydrogens is 575 g/mol. The van der Waals surface area contributed by atoms with Crippen molar-refractivity contribution in [3.05, 3.63) is 52.7 Å². The molecule has 0 spiro atoms. The number of amidine groups is 1. The summed E-state index contributed by atoms with van der Waals surface area (Å²) in [5.41, 5.74) is 6.54. The Kier molecular flexibility index (Phi) is 8.50. The maximum atomic E-state index is 12.8. The van der Waals surface area contributed by atoms with Gasteiger partial charge in [0.2, 0.25) is 5.91 Å². The number of amides is 1. The Bertz CT molecular complexity index is 1510. The zero-order chi connectivity index (χ0) is 28.4. The van der Waals surface area contributed by atoms with E-state index < -0.39 is 34.1 Å². The van der Waals surface area contributed by atoms with Crippen LogP contribution in [0.5, 0.6) is 5.75 Å². The van der Waals surface area contributed by atoms with Crippen molar-refractivity contribution in [2.24, 2.45) is 5.73 Å². The number of aromatic hydroxyl groups is 1. The Labute approximate surface area is 222 Å². The molecule has 4 rings (SSSR count). The van der Waals surface area contributed by atoms with Gasteiger partial charge in [-0.25, -0.2) is 18.2 Å². The number of pyridine rings is 1. The van der Waals surface area contributed by atoms with Gasteiger partial charge < -0.3 is 20.8 Å². The summed E-state index contributed by atoms with van der Waals surface area (Å²) in [5, 5.41) is 25.2. The highest BCUT2D eigenvalue weighted by Crippen LogP contribution is 2.30. The molecule has 1 fully saturated rings. The van der Waals surface area contributed by atoms with Crippen LogP contribution >= 0.6 is 22.9 Å². The number of aliphatic carboxylic acids is 1. The van der Waals surface area contributed by atoms with E-state index in [1.54, 1.807) is 24.3 Å². The van der Waals surface area contributed by atoms with Gasteiger partial charge >= 0.3 is 12.1 Å². The number of likely N-dealkylation sites (tertiary alicyclic amines) is 1. The number of nitrogen functional groups attached to an aromatic ring is 1. The highest BCUT2D eigenvalue weighted by atomic mass is 35.5. The topological polar surface area (TPSA) is 187 Å². The number of carboxylic acid groups (broad SMARTS) is 1. The number of benzene rings is 1. The van der Waals surface area contributed by atoms with Crippen molar-refractivity contribution in [1.29, 1.82) is 5.41 Å². The van der Waals surface area contributed by atoms with Crippen molar-refractivity contribution in [1.82, 2.24) is 14.6 Å². The maximum absolute atomic E-state index is 12.8. The van der Waals surface area contributed by atoms with Gasteiger partial charge in [0.25, 0.3) is 10.0 Å². The number of carboxylic acids is 1. The minimum absolute atomic E-state index is 0.0512. The standard InChI is InChI=1S/C19H18ClN5O4S2.C2HF3O2/c20-15-5-4-14-13(23-15)8-16(30-14)31(28,29)24-12-6-7-25(19(12)27)9-10-2-1-3-11(17(10)26)18(21)22;3-2(4,5)1(6)7/h1-5,8,12,24,26H,6-7,9H2,(H3,21,22);(H,6,7). The molecule has 0 aliphatic carbocycles. The Morgan fingerprint density at radius 3 is 2.58 bits per heavy atom. The number of carbonyl (C=O) groups excluding carboxylic acids is 1. The Balaban J connectivity index is 0.000000505. The predicted molar refractivity (Wildman–Crippen MR) is 132 cm³/mol. The molecule has 1 aliphatic heterocycles. The number of nitrogens with zero attached hydrogens (tertiary/aromatic N) is 2. The highest BCUT2D eigenvalue weighted by Gasteiger charge is 2.38. The van der Waals surface area contributed by atoms with Crippen LogP contribution in [0, 0.1) is 5.41 Å². The molecular formula is C21H19ClF3N5O6S2. The molecule has 0 radical (unpaired) electrons. The second kappa shape index (κ2) is 11.1. The van der Waals surface area contributed by atoms with Crippen LogP contribution in [-0.4, -0.2) is 65.0 Å². The summed E-state index contributed by atoms with van der Waals surface area (Å²) in [5.74, 6) is -3.59. The van der Waals surface area contributed by atoms with Gasteiger partial charge in [-0.2, -0.15) is 17.9 Å². The molecule has 11 nitrogen and oxygen atoms in total. The van der Waals surface area contributed by atoms with Crippen molar-refractivity contribution in [3.63, 3.8) is 0 Å². The molecule has 1 unspecified atom stereocenters. The maximum Gasteiger partial charge on any atom is 0.490 e. The fourth-order valence-corrected chi connectivity index (χ4v) is 6.12. The first-order valence-electron chi connectivity index (χ1n) is 10.4. The molecule has 204 valence electrons. The summed E-state index contributed by atoms with van der Waals surface area (Å²) in [6, 6.07) is 8.56. The Hall–Kier alpha value is -3.47. The third-order valence-corrected chi connectivity index (χ3v) is 8.44. The average Bonchev–Trinajstić information content (AvgIpc) is 3.39. The number of hydrogen-bond acceptors (Lipinski definition) is 8. The number of halogens is 4. The molecule has 3 heterocycles. The number of nitrogens with two attached hydrogens (primary N) is 1. The molecule has 38 heavy (non-hydrogen) atoms. The van der Waals surface area contributed by atoms with E-state index in [1.165, 1.54) is 17.0 Å². The van der Waals surface area contributed by atoms with Gasteiger partial charge in [-0.1, -0.05) is 23.7 Å². The summed E-state index contributed by atoms with van der Waals surface area (Å²) in [6.07, 6.45) is -4.79. The predicted octanol–water partition coefficient (Wildman–Crippen LogP) is 2.65. The molecule has 1 saturated heterocycles. The van der Waals surface area contributed by atoms with E-state index >= 15 is 0 Å². The van der Waals surface area contributed by atoms with Gasteiger partial charge in [-0.05, 0) is 30.7 Å². The smallest absolute Gasteiger partial charge is 0.490 e. The molecule has 1 aromatic carbocycles. The van der Waals surface area contributed by atoms with Crippen LogP contribution in [0.2, 0.25) is 5.15 Å². The zero-order valence-corrected chi connectivity index (χ0v) is 21.4. The molecule has 6 N–H and O–H groups in total. The largest absolute Gasteiger partial charge is 0.507 e. The molecule has 0 bridgehead atoms. The van der Waals surface area contributed by atoms with E-state index in [0.29, 0.717) is 28.7 Å². The lowest BCUT2D eigenvalue weighted by Crippen LogP contribution is -2.41. The summed E-state index contributed by atoms with van der Waals surface area (Å²) < 4.78 is 60.6. The summed E-state index contributed by atoms with van der Waals surface area (Å²) in [6.45, 7) is 0.397. The first-order chi connectivity index (χ1) is 17.6. The van der Waals surface area contributed by atoms with Crippen LogP contribution in [0.1, 0.15) is 17.5 Å². The van der Waals surface area contributed by atoms with Gasteiger partial charge in [0.1, 0.15) is 27.0 Å². The number of rotatable bonds is 6. The first-order valence-corrected chi connectivity index (χ1v) is 13.1. The number of hydrogen-bond donors (Lipinski definition) is 5. The van der Waals surface area contributed by atoms with E-state index in [0.717, 1.165) is 11.3 Å². The summed E-state index contributed by atoms with van der Waals surface area (Å²) in [7, 11) is -3.93. The van der Waals surface area contributed by atoms with Crippen molar-refractivity contribution >= 4 is 60.9 Å². The summed E-state index contributed by atoms with van der Waals surface area (Å²) in [4.78, 5) is 27.2. The number of aromatic nitrogens is 1. The van der Waals surface area contributed by atoms with Crippen LogP contribution in [0.3, 0.4) is 0 Å². The first kappa shape index (κ1) is 29.1. The number of phenolic OH excluding ortho intramolecular Hbond substituents is 1. The van der Waals surface area contributed by atoms with Crippen molar-refractivity contribution < 1.29 is 41.4 Å². The molecule has 2 aromatic heterocycles. The minimum atomic E-state index is -5.08. The van der Waals surface area contributed by atoms with Gasteiger partial charge in [0.15, 0.2) is 0 Å². The SMILES string of the molecule is N=C(N)c1cccc(CN2CCC(NS(=O)(=O)c3cc4nc(Cl)ccc4s3)C2=O)c1O.O=C(O)C(F)(F)F. The minimum Gasteiger partial charge on any atom is -0.507 e. The third kappa shape index (κ3) is 6.69. The number of sulfonamides is 1. The number of thiophene rings is 1. The third-order valence-electron chi connectivity index (χ3n) is 5.19. The van der Waals surface area contributed by atoms with Crippen LogP contribution in [0.25, 0.3) is 10.2 Å². The Morgan fingerprint density at radius 1 is 1.32 bits per heavy atom.